The number of rotatable bonds is 0. The Balaban J connectivity index is 1.86. The second kappa shape index (κ2) is 2.70. The number of amides is 2. The van der Waals surface area contributed by atoms with Gasteiger partial charge in [0.25, 0.3) is 0 Å². The lowest BCUT2D eigenvalue weighted by atomic mass is 10.4. The van der Waals surface area contributed by atoms with E-state index in [9.17, 15) is 4.79 Å². The van der Waals surface area contributed by atoms with Crippen LogP contribution in [0.3, 0.4) is 0 Å². The van der Waals surface area contributed by atoms with Gasteiger partial charge in [0.05, 0.1) is 13.2 Å². The molecule has 0 bridgehead atoms. The van der Waals surface area contributed by atoms with Crippen LogP contribution in [0.5, 0.6) is 0 Å². The number of hydrogen-bond donors (Lipinski definition) is 0. The first-order valence-corrected chi connectivity index (χ1v) is 3.99. The highest BCUT2D eigenvalue weighted by atomic mass is 16.5. The van der Waals surface area contributed by atoms with Crippen molar-refractivity contribution in [2.75, 3.05) is 39.4 Å². The number of carbonyl (C=O) groups is 1. The Hall–Kier alpha value is -0.770. The molecule has 0 unspecified atom stereocenters. The first-order valence-electron chi connectivity index (χ1n) is 3.99. The smallest absolute Gasteiger partial charge is 0.320 e. The third-order valence-electron chi connectivity index (χ3n) is 2.00. The van der Waals surface area contributed by atoms with E-state index in [1.54, 1.807) is 0 Å². The Bertz CT molecular complexity index is 162. The number of carbonyl (C=O) groups excluding carboxylic acids is 1. The summed E-state index contributed by atoms with van der Waals surface area (Å²) in [6.45, 7) is 4.79. The van der Waals surface area contributed by atoms with Crippen LogP contribution >= 0.6 is 0 Å². The molecule has 4 heteroatoms. The summed E-state index contributed by atoms with van der Waals surface area (Å²) in [7, 11) is 0. The third kappa shape index (κ3) is 1.45. The fourth-order valence-electron chi connectivity index (χ4n) is 1.20. The number of nitrogens with zero attached hydrogens (tertiary/aromatic N) is 2. The van der Waals surface area contributed by atoms with Crippen molar-refractivity contribution in [3.8, 4) is 0 Å². The van der Waals surface area contributed by atoms with Crippen LogP contribution in [0, 0.1) is 0 Å². The molecule has 2 aliphatic rings. The monoisotopic (exact) mass is 156 g/mol. The molecule has 62 valence electrons. The molecule has 0 saturated carbocycles. The fourth-order valence-corrected chi connectivity index (χ4v) is 1.20. The fraction of sp³-hybridized carbons (Fsp3) is 0.857. The molecule has 2 rings (SSSR count). The summed E-state index contributed by atoms with van der Waals surface area (Å²) in [6.07, 6.45) is 0. The normalized spacial score (nSPS) is 23.6. The lowest BCUT2D eigenvalue weighted by Crippen LogP contribution is -2.42. The molecule has 0 radical (unpaired) electrons. The van der Waals surface area contributed by atoms with Crippen LogP contribution in [-0.4, -0.2) is 55.2 Å². The topological polar surface area (TPSA) is 32.6 Å². The molecular weight excluding hydrogens is 144 g/mol. The highest BCUT2D eigenvalue weighted by Gasteiger charge is 2.29. The van der Waals surface area contributed by atoms with Gasteiger partial charge in [0.2, 0.25) is 0 Å². The average Bonchev–Trinajstić information content (AvgIpc) is 2.87. The van der Waals surface area contributed by atoms with Crippen molar-refractivity contribution in [2.45, 2.75) is 0 Å². The van der Waals surface area contributed by atoms with Gasteiger partial charge >= 0.3 is 6.03 Å². The molecular formula is C7H12N2O2. The molecule has 2 amide bonds. The van der Waals surface area contributed by atoms with Crippen LogP contribution in [0.25, 0.3) is 0 Å². The zero-order valence-electron chi connectivity index (χ0n) is 6.45. The molecule has 2 aliphatic heterocycles. The Kier molecular flexibility index (Phi) is 1.69. The molecule has 0 spiro atoms. The second-order valence-electron chi connectivity index (χ2n) is 2.87. The van der Waals surface area contributed by atoms with Gasteiger partial charge in [-0.25, -0.2) is 4.79 Å². The predicted octanol–water partition coefficient (Wildman–Crippen LogP) is -0.246. The number of ether oxygens (including phenoxy) is 1. The van der Waals surface area contributed by atoms with Crippen LogP contribution in [0.1, 0.15) is 0 Å². The minimum absolute atomic E-state index is 0.188. The van der Waals surface area contributed by atoms with E-state index >= 15 is 0 Å². The quantitative estimate of drug-likeness (QED) is 0.453. The van der Waals surface area contributed by atoms with Crippen LogP contribution in [0.4, 0.5) is 4.79 Å². The Labute approximate surface area is 65.7 Å². The summed E-state index contributed by atoms with van der Waals surface area (Å²) in [6, 6.07) is 0.188. The van der Waals surface area contributed by atoms with Gasteiger partial charge in [-0.2, -0.15) is 0 Å². The van der Waals surface area contributed by atoms with Crippen molar-refractivity contribution >= 4 is 6.03 Å². The summed E-state index contributed by atoms with van der Waals surface area (Å²) in [5.41, 5.74) is 0. The second-order valence-corrected chi connectivity index (χ2v) is 2.87. The molecule has 2 fully saturated rings. The molecule has 0 aromatic heterocycles. The van der Waals surface area contributed by atoms with Gasteiger partial charge < -0.3 is 14.5 Å². The van der Waals surface area contributed by atoms with Gasteiger partial charge in [0, 0.05) is 26.2 Å². The highest BCUT2D eigenvalue weighted by Crippen LogP contribution is 2.09. The summed E-state index contributed by atoms with van der Waals surface area (Å²) in [4.78, 5) is 15.1. The predicted molar refractivity (Wildman–Crippen MR) is 39.4 cm³/mol. The van der Waals surface area contributed by atoms with Crippen molar-refractivity contribution < 1.29 is 9.53 Å². The van der Waals surface area contributed by atoms with E-state index in [-0.39, 0.29) is 6.03 Å². The third-order valence-corrected chi connectivity index (χ3v) is 2.00. The maximum atomic E-state index is 11.4. The van der Waals surface area contributed by atoms with Crippen LogP contribution in [0.2, 0.25) is 0 Å². The molecule has 4 nitrogen and oxygen atoms in total. The molecule has 0 aliphatic carbocycles. The van der Waals surface area contributed by atoms with E-state index in [4.69, 9.17) is 4.74 Å². The number of hydrogen-bond acceptors (Lipinski definition) is 2. The molecule has 0 aromatic rings. The van der Waals surface area contributed by atoms with Gasteiger partial charge in [-0.15, -0.1) is 0 Å². The van der Waals surface area contributed by atoms with Crippen LogP contribution in [0.15, 0.2) is 0 Å². The lowest BCUT2D eigenvalue weighted by Gasteiger charge is -2.26. The Morgan fingerprint density at radius 2 is 1.55 bits per heavy atom. The van der Waals surface area contributed by atoms with E-state index in [2.05, 4.69) is 0 Å². The van der Waals surface area contributed by atoms with Crippen molar-refractivity contribution in [3.05, 3.63) is 0 Å². The average molecular weight is 156 g/mol. The van der Waals surface area contributed by atoms with Gasteiger partial charge in [-0.05, 0) is 0 Å². The molecule has 11 heavy (non-hydrogen) atoms. The van der Waals surface area contributed by atoms with E-state index in [0.717, 1.165) is 26.2 Å². The zero-order chi connectivity index (χ0) is 7.68. The van der Waals surface area contributed by atoms with Crippen molar-refractivity contribution in [3.63, 3.8) is 0 Å². The minimum Gasteiger partial charge on any atom is -0.378 e. The van der Waals surface area contributed by atoms with Gasteiger partial charge in [0.15, 0.2) is 0 Å². The van der Waals surface area contributed by atoms with Crippen LogP contribution in [-0.2, 0) is 4.74 Å². The van der Waals surface area contributed by atoms with E-state index < -0.39 is 0 Å². The summed E-state index contributed by atoms with van der Waals surface area (Å²) >= 11 is 0. The maximum absolute atomic E-state index is 11.4. The SMILES string of the molecule is O=C(N1CCOCC1)N1CC1. The summed E-state index contributed by atoms with van der Waals surface area (Å²) in [5, 5.41) is 0. The molecule has 0 aromatic carbocycles. The number of urea groups is 1. The Morgan fingerprint density at radius 3 is 2.09 bits per heavy atom. The standard InChI is InChI=1S/C7H12N2O2/c10-7(8-1-2-8)9-3-5-11-6-4-9/h1-6H2. The minimum atomic E-state index is 0.188. The Morgan fingerprint density at radius 1 is 1.00 bits per heavy atom. The highest BCUT2D eigenvalue weighted by molar-refractivity contribution is 5.76. The molecule has 2 saturated heterocycles. The molecule has 2 heterocycles. The summed E-state index contributed by atoms with van der Waals surface area (Å²) in [5.74, 6) is 0. The van der Waals surface area contributed by atoms with E-state index in [1.807, 2.05) is 9.80 Å². The molecule has 0 N–H and O–H groups in total. The number of morpholine rings is 1. The van der Waals surface area contributed by atoms with E-state index in [0.29, 0.717) is 13.2 Å². The largest absolute Gasteiger partial charge is 0.378 e. The van der Waals surface area contributed by atoms with Gasteiger partial charge in [-0.3, -0.25) is 0 Å². The van der Waals surface area contributed by atoms with Crippen LogP contribution < -0.4 is 0 Å². The zero-order valence-corrected chi connectivity index (χ0v) is 6.45. The molecule has 0 atom stereocenters. The van der Waals surface area contributed by atoms with Crippen molar-refractivity contribution in [1.29, 1.82) is 0 Å². The lowest BCUT2D eigenvalue weighted by molar-refractivity contribution is 0.0499. The van der Waals surface area contributed by atoms with Gasteiger partial charge in [-0.1, -0.05) is 0 Å². The first-order chi connectivity index (χ1) is 5.38. The van der Waals surface area contributed by atoms with Crippen molar-refractivity contribution in [1.82, 2.24) is 9.80 Å². The van der Waals surface area contributed by atoms with Crippen molar-refractivity contribution in [2.24, 2.45) is 0 Å². The first kappa shape index (κ1) is 6.91. The van der Waals surface area contributed by atoms with E-state index in [1.165, 1.54) is 0 Å². The van der Waals surface area contributed by atoms with Gasteiger partial charge in [0.1, 0.15) is 0 Å². The summed E-state index contributed by atoms with van der Waals surface area (Å²) < 4.78 is 5.14. The maximum Gasteiger partial charge on any atom is 0.320 e.